The molecule has 0 aromatic heterocycles. The van der Waals surface area contributed by atoms with Gasteiger partial charge in [-0.05, 0) is 36.8 Å². The summed E-state index contributed by atoms with van der Waals surface area (Å²) >= 11 is 12.1. The summed E-state index contributed by atoms with van der Waals surface area (Å²) in [4.78, 5) is 0. The fourth-order valence-electron chi connectivity index (χ4n) is 1.74. The first-order valence-corrected chi connectivity index (χ1v) is 6.85. The molecule has 0 radical (unpaired) electrons. The van der Waals surface area contributed by atoms with Crippen molar-refractivity contribution in [3.63, 3.8) is 0 Å². The third-order valence-corrected chi connectivity index (χ3v) is 3.62. The van der Waals surface area contributed by atoms with Gasteiger partial charge in [0.1, 0.15) is 6.61 Å². The van der Waals surface area contributed by atoms with Crippen LogP contribution in [0.2, 0.25) is 10.0 Å². The molecule has 2 rings (SSSR count). The predicted octanol–water partition coefficient (Wildman–Crippen LogP) is 4.73. The molecule has 20 heavy (non-hydrogen) atoms. The monoisotopic (exact) mass is 313 g/mol. The van der Waals surface area contributed by atoms with Crippen LogP contribution in [0.25, 0.3) is 0 Å². The molecule has 2 N–H and O–H groups in total. The highest BCUT2D eigenvalue weighted by atomic mass is 35.5. The Morgan fingerprint density at radius 2 is 1.85 bits per heavy atom. The van der Waals surface area contributed by atoms with Crippen LogP contribution in [-0.2, 0) is 6.61 Å². The van der Waals surface area contributed by atoms with E-state index in [1.807, 2.05) is 0 Å². The molecule has 0 spiro atoms. The molecular weight excluding hydrogens is 300 g/mol. The fraction of sp³-hybridized carbons (Fsp3) is 0.200. The third-order valence-electron chi connectivity index (χ3n) is 2.92. The zero-order valence-electron chi connectivity index (χ0n) is 10.9. The molecule has 106 valence electrons. The highest BCUT2D eigenvalue weighted by Crippen LogP contribution is 2.27. The molecule has 0 aliphatic heterocycles. The zero-order valence-corrected chi connectivity index (χ0v) is 12.4. The van der Waals surface area contributed by atoms with E-state index in [1.165, 1.54) is 6.07 Å². The number of halogens is 3. The Morgan fingerprint density at radius 1 is 1.20 bits per heavy atom. The molecule has 2 aromatic rings. The Hall–Kier alpha value is -1.29. The summed E-state index contributed by atoms with van der Waals surface area (Å²) in [6.07, 6.45) is 0. The average molecular weight is 314 g/mol. The highest BCUT2D eigenvalue weighted by Gasteiger charge is 2.10. The first-order chi connectivity index (χ1) is 9.49. The second-order valence-electron chi connectivity index (χ2n) is 4.47. The van der Waals surface area contributed by atoms with Crippen molar-refractivity contribution in [1.29, 1.82) is 0 Å². The number of hydrogen-bond donors (Lipinski definition) is 1. The Bertz CT molecular complexity index is 597. The van der Waals surface area contributed by atoms with Crippen LogP contribution in [0.3, 0.4) is 0 Å². The van der Waals surface area contributed by atoms with Gasteiger partial charge in [0, 0.05) is 21.7 Å². The smallest absolute Gasteiger partial charge is 0.165 e. The van der Waals surface area contributed by atoms with Gasteiger partial charge in [0.15, 0.2) is 11.6 Å². The molecule has 2 nitrogen and oxygen atoms in total. The number of rotatable bonds is 4. The van der Waals surface area contributed by atoms with E-state index >= 15 is 0 Å². The van der Waals surface area contributed by atoms with Crippen LogP contribution in [0.5, 0.6) is 5.75 Å². The van der Waals surface area contributed by atoms with Crippen molar-refractivity contribution in [1.82, 2.24) is 0 Å². The number of ether oxygens (including phenoxy) is 1. The molecule has 0 unspecified atom stereocenters. The lowest BCUT2D eigenvalue weighted by atomic mass is 10.1. The zero-order chi connectivity index (χ0) is 14.7. The number of benzene rings is 2. The molecular formula is C15H14Cl2FNO. The average Bonchev–Trinajstić information content (AvgIpc) is 2.39. The fourth-order valence-corrected chi connectivity index (χ4v) is 2.24. The van der Waals surface area contributed by atoms with Crippen LogP contribution in [-0.4, -0.2) is 0 Å². The van der Waals surface area contributed by atoms with E-state index < -0.39 is 5.82 Å². The summed E-state index contributed by atoms with van der Waals surface area (Å²) < 4.78 is 19.3. The lowest BCUT2D eigenvalue weighted by molar-refractivity contribution is 0.290. The molecule has 0 amide bonds. The molecule has 0 fully saturated rings. The maximum Gasteiger partial charge on any atom is 0.165 e. The van der Waals surface area contributed by atoms with Gasteiger partial charge in [-0.25, -0.2) is 4.39 Å². The molecule has 5 heteroatoms. The lowest BCUT2D eigenvalue weighted by Gasteiger charge is -2.12. The summed E-state index contributed by atoms with van der Waals surface area (Å²) in [5.41, 5.74) is 7.04. The SMILES string of the molecule is C[C@@H](N)c1ccc(OCc2c(Cl)cccc2Cl)c(F)c1. The summed E-state index contributed by atoms with van der Waals surface area (Å²) in [7, 11) is 0. The van der Waals surface area contributed by atoms with Gasteiger partial charge < -0.3 is 10.5 Å². The van der Waals surface area contributed by atoms with E-state index in [4.69, 9.17) is 33.7 Å². The quantitative estimate of drug-likeness (QED) is 0.885. The van der Waals surface area contributed by atoms with Gasteiger partial charge in [-0.3, -0.25) is 0 Å². The van der Waals surface area contributed by atoms with E-state index in [0.29, 0.717) is 21.2 Å². The van der Waals surface area contributed by atoms with Crippen molar-refractivity contribution in [3.05, 3.63) is 63.4 Å². The van der Waals surface area contributed by atoms with Crippen molar-refractivity contribution in [2.24, 2.45) is 5.73 Å². The van der Waals surface area contributed by atoms with Crippen LogP contribution in [0.4, 0.5) is 4.39 Å². The van der Waals surface area contributed by atoms with E-state index in [1.54, 1.807) is 37.3 Å². The van der Waals surface area contributed by atoms with Gasteiger partial charge in [0.05, 0.1) is 0 Å². The number of hydrogen-bond acceptors (Lipinski definition) is 2. The molecule has 2 aromatic carbocycles. The minimum Gasteiger partial charge on any atom is -0.486 e. The summed E-state index contributed by atoms with van der Waals surface area (Å²) in [5, 5.41) is 0.982. The van der Waals surface area contributed by atoms with Crippen LogP contribution >= 0.6 is 23.2 Å². The minimum absolute atomic E-state index is 0.104. The summed E-state index contributed by atoms with van der Waals surface area (Å²) in [6, 6.07) is 9.59. The lowest BCUT2D eigenvalue weighted by Crippen LogP contribution is -2.06. The second-order valence-corrected chi connectivity index (χ2v) is 5.28. The van der Waals surface area contributed by atoms with Crippen LogP contribution in [0.15, 0.2) is 36.4 Å². The molecule has 0 bridgehead atoms. The van der Waals surface area contributed by atoms with Crippen LogP contribution < -0.4 is 10.5 Å². The van der Waals surface area contributed by atoms with Gasteiger partial charge in [0.25, 0.3) is 0 Å². The van der Waals surface area contributed by atoms with Gasteiger partial charge in [0.2, 0.25) is 0 Å². The van der Waals surface area contributed by atoms with Gasteiger partial charge in [-0.15, -0.1) is 0 Å². The molecule has 0 saturated carbocycles. The molecule has 0 saturated heterocycles. The summed E-state index contributed by atoms with van der Waals surface area (Å²) in [6.45, 7) is 1.89. The van der Waals surface area contributed by atoms with E-state index in [2.05, 4.69) is 0 Å². The maximum absolute atomic E-state index is 13.9. The van der Waals surface area contributed by atoms with Crippen molar-refractivity contribution in [3.8, 4) is 5.75 Å². The molecule has 1 atom stereocenters. The van der Waals surface area contributed by atoms with Gasteiger partial charge >= 0.3 is 0 Å². The Kier molecular flexibility index (Phi) is 4.86. The Morgan fingerprint density at radius 3 is 2.40 bits per heavy atom. The standard InChI is InChI=1S/C15H14Cl2FNO/c1-9(19)10-5-6-15(14(18)7-10)20-8-11-12(16)3-2-4-13(11)17/h2-7,9H,8,19H2,1H3/t9-/m1/s1. The third kappa shape index (κ3) is 3.42. The Balaban J connectivity index is 2.15. The van der Waals surface area contributed by atoms with Crippen molar-refractivity contribution in [2.45, 2.75) is 19.6 Å². The van der Waals surface area contributed by atoms with Crippen molar-refractivity contribution in [2.75, 3.05) is 0 Å². The first kappa shape index (κ1) is 15.1. The van der Waals surface area contributed by atoms with Crippen LogP contribution in [0, 0.1) is 5.82 Å². The van der Waals surface area contributed by atoms with E-state index in [0.717, 1.165) is 0 Å². The van der Waals surface area contributed by atoms with E-state index in [-0.39, 0.29) is 18.4 Å². The molecule has 0 aliphatic carbocycles. The predicted molar refractivity (Wildman–Crippen MR) is 79.8 cm³/mol. The molecule has 0 heterocycles. The van der Waals surface area contributed by atoms with Crippen LogP contribution in [0.1, 0.15) is 24.1 Å². The van der Waals surface area contributed by atoms with E-state index in [9.17, 15) is 4.39 Å². The number of nitrogens with two attached hydrogens (primary N) is 1. The maximum atomic E-state index is 13.9. The van der Waals surface area contributed by atoms with Gasteiger partial charge in [-0.2, -0.15) is 0 Å². The minimum atomic E-state index is -0.456. The van der Waals surface area contributed by atoms with Crippen molar-refractivity contribution >= 4 is 23.2 Å². The topological polar surface area (TPSA) is 35.2 Å². The normalized spacial score (nSPS) is 12.2. The second kappa shape index (κ2) is 6.44. The van der Waals surface area contributed by atoms with Gasteiger partial charge in [-0.1, -0.05) is 35.3 Å². The first-order valence-electron chi connectivity index (χ1n) is 6.09. The summed E-state index contributed by atoms with van der Waals surface area (Å²) in [5.74, 6) is -0.312. The molecule has 0 aliphatic rings. The highest BCUT2D eigenvalue weighted by molar-refractivity contribution is 6.35. The largest absolute Gasteiger partial charge is 0.486 e. The Labute approximate surface area is 127 Å². The van der Waals surface area contributed by atoms with Crippen molar-refractivity contribution < 1.29 is 9.13 Å².